The third-order valence-corrected chi connectivity index (χ3v) is 11.8. The number of aryl methyl sites for hydroxylation is 1. The van der Waals surface area contributed by atoms with Gasteiger partial charge in [-0.05, 0) is 104 Å². The number of hydrogen-bond acceptors (Lipinski definition) is 6. The first-order valence-electron chi connectivity index (χ1n) is 15.3. The largest absolute Gasteiger partial charge is 0.490 e. The van der Waals surface area contributed by atoms with Gasteiger partial charge in [0.15, 0.2) is 0 Å². The minimum atomic E-state index is -3.64. The minimum absolute atomic E-state index is 0.0869. The fourth-order valence-corrected chi connectivity index (χ4v) is 8.84. The summed E-state index contributed by atoms with van der Waals surface area (Å²) in [5, 5.41) is 26.4. The van der Waals surface area contributed by atoms with Crippen LogP contribution in [0.1, 0.15) is 73.9 Å². The van der Waals surface area contributed by atoms with Gasteiger partial charge in [-0.3, -0.25) is 0 Å². The van der Waals surface area contributed by atoms with E-state index in [1.54, 1.807) is 18.2 Å². The van der Waals surface area contributed by atoms with Crippen LogP contribution in [-0.2, 0) is 21.9 Å². The van der Waals surface area contributed by atoms with Crippen LogP contribution in [0, 0.1) is 17.8 Å². The highest BCUT2D eigenvalue weighted by atomic mass is 35.5. The molecule has 5 rings (SSSR count). The van der Waals surface area contributed by atoms with Crippen LogP contribution in [0.4, 0.5) is 5.69 Å². The number of carbonyl (C=O) groups is 1. The van der Waals surface area contributed by atoms with Crippen molar-refractivity contribution in [3.63, 3.8) is 0 Å². The maximum Gasteiger partial charge on any atom is 0.335 e. The van der Waals surface area contributed by atoms with Gasteiger partial charge in [-0.15, -0.1) is 0 Å². The lowest BCUT2D eigenvalue weighted by molar-refractivity contribution is 0.0177. The molecule has 8 nitrogen and oxygen atoms in total. The number of carboxylic acid groups (broad SMARTS) is 1. The molecule has 4 N–H and O–H groups in total. The number of nitrogens with two attached hydrogens (primary N) is 1. The molecular weight excluding hydrogens is 588 g/mol. The molecule has 1 saturated carbocycles. The molecule has 1 spiro atoms. The average Bonchev–Trinajstić information content (AvgIpc) is 3.07. The Kier molecular flexibility index (Phi) is 9.47. The second-order valence-corrected chi connectivity index (χ2v) is 14.9. The number of benzene rings is 2. The number of carboxylic acids is 1. The summed E-state index contributed by atoms with van der Waals surface area (Å²) >= 11 is 6.36. The average molecular weight is 631 g/mol. The monoisotopic (exact) mass is 630 g/mol. The number of sulfonamides is 1. The van der Waals surface area contributed by atoms with Gasteiger partial charge < -0.3 is 19.8 Å². The number of aliphatic hydroxyl groups is 1. The van der Waals surface area contributed by atoms with Crippen molar-refractivity contribution in [2.75, 3.05) is 24.6 Å². The van der Waals surface area contributed by atoms with Crippen LogP contribution in [0.5, 0.6) is 5.75 Å². The minimum Gasteiger partial charge on any atom is -0.490 e. The molecule has 10 heteroatoms. The van der Waals surface area contributed by atoms with Gasteiger partial charge in [0.2, 0.25) is 10.0 Å². The molecule has 1 fully saturated rings. The van der Waals surface area contributed by atoms with Crippen molar-refractivity contribution in [2.45, 2.75) is 75.6 Å². The number of halogens is 1. The van der Waals surface area contributed by atoms with Crippen LogP contribution in [0.25, 0.3) is 0 Å². The van der Waals surface area contributed by atoms with Gasteiger partial charge in [0.25, 0.3) is 0 Å². The van der Waals surface area contributed by atoms with E-state index in [9.17, 15) is 23.4 Å². The molecule has 2 aromatic rings. The lowest BCUT2D eigenvalue weighted by Gasteiger charge is -2.45. The number of nitrogens with zero attached hydrogens (tertiary/aromatic N) is 1. The summed E-state index contributed by atoms with van der Waals surface area (Å²) in [6, 6.07) is 11.2. The zero-order chi connectivity index (χ0) is 30.9. The molecule has 0 radical (unpaired) electrons. The Hall–Kier alpha value is -2.59. The molecule has 0 unspecified atom stereocenters. The molecule has 0 amide bonds. The number of allylic oxidation sites excluding steroid dienone is 1. The lowest BCUT2D eigenvalue weighted by Crippen LogP contribution is -2.49. The predicted molar refractivity (Wildman–Crippen MR) is 170 cm³/mol. The fraction of sp³-hybridized carbons (Fsp3) is 0.545. The molecule has 0 bridgehead atoms. The Labute approximate surface area is 259 Å². The van der Waals surface area contributed by atoms with Crippen molar-refractivity contribution < 1.29 is 28.2 Å². The number of ether oxygens (including phenoxy) is 1. The highest BCUT2D eigenvalue weighted by molar-refractivity contribution is 7.89. The summed E-state index contributed by atoms with van der Waals surface area (Å²) < 4.78 is 30.3. The summed E-state index contributed by atoms with van der Waals surface area (Å²) in [5.74, 6) is -0.241. The second kappa shape index (κ2) is 12.8. The Balaban J connectivity index is 1.37. The van der Waals surface area contributed by atoms with Gasteiger partial charge in [-0.2, -0.15) is 0 Å². The Morgan fingerprint density at radius 3 is 2.72 bits per heavy atom. The predicted octanol–water partition coefficient (Wildman–Crippen LogP) is 5.55. The van der Waals surface area contributed by atoms with Gasteiger partial charge in [-0.1, -0.05) is 43.7 Å². The molecule has 2 aliphatic carbocycles. The molecule has 1 aliphatic heterocycles. The molecule has 234 valence electrons. The number of aliphatic hydroxyl groups excluding tert-OH is 1. The molecule has 0 aromatic heterocycles. The number of primary sulfonamides is 1. The van der Waals surface area contributed by atoms with Gasteiger partial charge in [-0.25, -0.2) is 18.4 Å². The molecule has 0 saturated heterocycles. The van der Waals surface area contributed by atoms with Crippen molar-refractivity contribution >= 4 is 33.3 Å². The number of rotatable bonds is 10. The van der Waals surface area contributed by atoms with Crippen LogP contribution in [0.3, 0.4) is 0 Å². The van der Waals surface area contributed by atoms with Crippen molar-refractivity contribution in [3.8, 4) is 5.75 Å². The molecule has 2 aromatic carbocycles. The number of anilines is 1. The van der Waals surface area contributed by atoms with E-state index in [-0.39, 0.29) is 28.7 Å². The zero-order valence-electron chi connectivity index (χ0n) is 24.9. The first-order chi connectivity index (χ1) is 20.4. The number of fused-ring (bicyclic) bond motifs is 3. The Morgan fingerprint density at radius 2 is 2.05 bits per heavy atom. The number of aromatic carboxylic acids is 1. The summed E-state index contributed by atoms with van der Waals surface area (Å²) in [5.41, 5.74) is 3.21. The van der Waals surface area contributed by atoms with Gasteiger partial charge in [0.05, 0.1) is 29.2 Å². The first kappa shape index (κ1) is 31.8. The molecule has 3 aliphatic rings. The molecular formula is C33H43ClN2O6S. The van der Waals surface area contributed by atoms with E-state index in [1.165, 1.54) is 11.1 Å². The maximum absolute atomic E-state index is 11.9. The van der Waals surface area contributed by atoms with E-state index >= 15 is 0 Å². The van der Waals surface area contributed by atoms with Crippen LogP contribution in [0.15, 0.2) is 48.6 Å². The third-order valence-electron chi connectivity index (χ3n) is 9.94. The van der Waals surface area contributed by atoms with Gasteiger partial charge in [0, 0.05) is 23.5 Å². The van der Waals surface area contributed by atoms with E-state index in [0.717, 1.165) is 42.8 Å². The van der Waals surface area contributed by atoms with Crippen LogP contribution in [-0.4, -0.2) is 55.7 Å². The summed E-state index contributed by atoms with van der Waals surface area (Å²) in [6.07, 6.45) is 8.85. The van der Waals surface area contributed by atoms with E-state index < -0.39 is 27.3 Å². The van der Waals surface area contributed by atoms with Crippen LogP contribution in [0.2, 0.25) is 5.02 Å². The standard InChI is InChI=1S/C33H43ClN2O6S/c1-3-31(43(35,40)41)21(2)6-4-8-29(37)26-12-9-24(26)18-36-19-33(15-5-7-22-16-25(34)11-13-27(22)33)20-42-30-14-10-23(32(38)39)17-28(30)36/h4,6,10-11,13-14,16-17,21,24,26,29,31,37H,3,5,7-9,12,15,18-20H2,1-2H3,(H,38,39)(H2,35,40,41)/b6-4-/t21-,24-,26+,29-,31-,33-/m0/s1. The Bertz CT molecular complexity index is 1480. The van der Waals surface area contributed by atoms with Crippen molar-refractivity contribution in [2.24, 2.45) is 22.9 Å². The summed E-state index contributed by atoms with van der Waals surface area (Å²) in [7, 11) is -3.64. The van der Waals surface area contributed by atoms with E-state index in [0.29, 0.717) is 38.3 Å². The zero-order valence-corrected chi connectivity index (χ0v) is 26.5. The molecule has 43 heavy (non-hydrogen) atoms. The van der Waals surface area contributed by atoms with Gasteiger partial charge in [0.1, 0.15) is 5.75 Å². The third kappa shape index (κ3) is 6.75. The quantitative estimate of drug-likeness (QED) is 0.294. The summed E-state index contributed by atoms with van der Waals surface area (Å²) in [6.45, 7) is 5.50. The summed E-state index contributed by atoms with van der Waals surface area (Å²) in [4.78, 5) is 14.2. The van der Waals surface area contributed by atoms with Crippen molar-refractivity contribution in [3.05, 3.63) is 70.3 Å². The van der Waals surface area contributed by atoms with Crippen molar-refractivity contribution in [1.29, 1.82) is 0 Å². The van der Waals surface area contributed by atoms with Crippen molar-refractivity contribution in [1.82, 2.24) is 0 Å². The second-order valence-electron chi connectivity index (χ2n) is 12.7. The lowest BCUT2D eigenvalue weighted by atomic mass is 9.68. The smallest absolute Gasteiger partial charge is 0.335 e. The topological polar surface area (TPSA) is 130 Å². The highest BCUT2D eigenvalue weighted by Gasteiger charge is 2.44. The van der Waals surface area contributed by atoms with Gasteiger partial charge >= 0.3 is 5.97 Å². The normalized spacial score (nSPS) is 25.7. The van der Waals surface area contributed by atoms with E-state index in [2.05, 4.69) is 17.0 Å². The van der Waals surface area contributed by atoms with E-state index in [1.807, 2.05) is 32.1 Å². The SMILES string of the molecule is CC[C@@H]([C@@H](C)/C=C\C[C@H](O)[C@@H]1CC[C@H]1CN1C[C@@]2(CCCc3cc(Cl)ccc32)COc2ccc(C(=O)O)cc21)S(N)(=O)=O. The van der Waals surface area contributed by atoms with Crippen LogP contribution >= 0.6 is 11.6 Å². The Morgan fingerprint density at radius 1 is 1.26 bits per heavy atom. The van der Waals surface area contributed by atoms with Crippen LogP contribution < -0.4 is 14.8 Å². The van der Waals surface area contributed by atoms with E-state index in [4.69, 9.17) is 21.5 Å². The molecule has 1 heterocycles. The fourth-order valence-electron chi connectivity index (χ4n) is 7.49. The first-order valence-corrected chi connectivity index (χ1v) is 17.3. The maximum atomic E-state index is 11.9. The molecule has 6 atom stereocenters. The highest BCUT2D eigenvalue weighted by Crippen LogP contribution is 2.46. The number of hydrogen-bond donors (Lipinski definition) is 3.